The number of benzene rings is 1. The highest BCUT2D eigenvalue weighted by molar-refractivity contribution is 5.77. The van der Waals surface area contributed by atoms with Gasteiger partial charge in [0.25, 0.3) is 0 Å². The number of nitrogens with one attached hydrogen (secondary N) is 1. The minimum absolute atomic E-state index is 0.804. The van der Waals surface area contributed by atoms with Crippen molar-refractivity contribution in [2.45, 2.75) is 25.7 Å². The summed E-state index contributed by atoms with van der Waals surface area (Å²) in [5.74, 6) is 2.86. The quantitative estimate of drug-likeness (QED) is 0.930. The number of piperidine rings is 1. The van der Waals surface area contributed by atoms with E-state index in [0.29, 0.717) is 0 Å². The molecule has 1 N–H and O–H groups in total. The molecule has 0 radical (unpaired) electrons. The highest BCUT2D eigenvalue weighted by Gasteiger charge is 2.15. The molecule has 0 amide bonds. The molecule has 1 fully saturated rings. The van der Waals surface area contributed by atoms with E-state index < -0.39 is 0 Å². The van der Waals surface area contributed by atoms with Crippen molar-refractivity contribution in [3.8, 4) is 5.75 Å². The highest BCUT2D eigenvalue weighted by atomic mass is 16.5. The number of fused-ring (bicyclic) bond motifs is 1. The Labute approximate surface area is 120 Å². The van der Waals surface area contributed by atoms with Gasteiger partial charge in [-0.2, -0.15) is 0 Å². The van der Waals surface area contributed by atoms with E-state index in [1.165, 1.54) is 37.1 Å². The molecule has 4 nitrogen and oxygen atoms in total. The third-order valence-electron chi connectivity index (χ3n) is 4.36. The first-order valence-corrected chi connectivity index (χ1v) is 7.48. The standard InChI is InChI=1S/C16H23N3O/c1-19-15-7-6-13(20-2)10-14(15)18-16(19)8-5-12-4-3-9-17-11-12/h6-7,10,12,17H,3-5,8-9,11H2,1-2H3. The van der Waals surface area contributed by atoms with Crippen LogP contribution in [0.2, 0.25) is 0 Å². The second-order valence-corrected chi connectivity index (χ2v) is 5.69. The summed E-state index contributed by atoms with van der Waals surface area (Å²) in [6.07, 6.45) is 4.94. The zero-order valence-electron chi connectivity index (χ0n) is 12.4. The van der Waals surface area contributed by atoms with Gasteiger partial charge in [0.2, 0.25) is 0 Å². The Balaban J connectivity index is 1.75. The molecule has 0 spiro atoms. The van der Waals surface area contributed by atoms with Crippen molar-refractivity contribution in [1.82, 2.24) is 14.9 Å². The molecule has 1 aromatic carbocycles. The Kier molecular flexibility index (Phi) is 3.92. The van der Waals surface area contributed by atoms with Gasteiger partial charge in [0.1, 0.15) is 11.6 Å². The molecule has 1 atom stereocenters. The lowest BCUT2D eigenvalue weighted by Gasteiger charge is -2.22. The lowest BCUT2D eigenvalue weighted by atomic mass is 9.94. The van der Waals surface area contributed by atoms with Gasteiger partial charge in [-0.15, -0.1) is 0 Å². The van der Waals surface area contributed by atoms with Gasteiger partial charge in [0.15, 0.2) is 0 Å². The van der Waals surface area contributed by atoms with Gasteiger partial charge in [0, 0.05) is 19.5 Å². The number of nitrogens with zero attached hydrogens (tertiary/aromatic N) is 2. The average Bonchev–Trinajstić information content (AvgIpc) is 2.82. The zero-order valence-corrected chi connectivity index (χ0v) is 12.4. The minimum atomic E-state index is 0.804. The maximum Gasteiger partial charge on any atom is 0.121 e. The van der Waals surface area contributed by atoms with Gasteiger partial charge in [-0.1, -0.05) is 0 Å². The molecule has 1 aliphatic rings. The summed E-state index contributed by atoms with van der Waals surface area (Å²) < 4.78 is 7.48. The highest BCUT2D eigenvalue weighted by Crippen LogP contribution is 2.23. The van der Waals surface area contributed by atoms with Crippen LogP contribution >= 0.6 is 0 Å². The molecule has 20 heavy (non-hydrogen) atoms. The molecular weight excluding hydrogens is 250 g/mol. The van der Waals surface area contributed by atoms with Crippen molar-refractivity contribution < 1.29 is 4.74 Å². The van der Waals surface area contributed by atoms with Crippen LogP contribution in [-0.2, 0) is 13.5 Å². The fraction of sp³-hybridized carbons (Fsp3) is 0.562. The Hall–Kier alpha value is -1.55. The Morgan fingerprint density at radius 2 is 2.35 bits per heavy atom. The number of hydrogen-bond acceptors (Lipinski definition) is 3. The molecule has 2 heterocycles. The number of rotatable bonds is 4. The second kappa shape index (κ2) is 5.83. The maximum absolute atomic E-state index is 5.27. The maximum atomic E-state index is 5.27. The molecule has 2 aromatic rings. The zero-order chi connectivity index (χ0) is 13.9. The molecule has 0 bridgehead atoms. The predicted octanol–water partition coefficient (Wildman–Crippen LogP) is 2.51. The van der Waals surface area contributed by atoms with Crippen LogP contribution in [0.1, 0.15) is 25.1 Å². The van der Waals surface area contributed by atoms with Crippen molar-refractivity contribution in [3.05, 3.63) is 24.0 Å². The Bertz CT molecular complexity index is 585. The molecule has 0 aliphatic carbocycles. The molecule has 4 heteroatoms. The smallest absolute Gasteiger partial charge is 0.121 e. The van der Waals surface area contributed by atoms with Gasteiger partial charge < -0.3 is 14.6 Å². The largest absolute Gasteiger partial charge is 0.497 e. The number of aryl methyl sites for hydroxylation is 2. The topological polar surface area (TPSA) is 39.1 Å². The van der Waals surface area contributed by atoms with Crippen LogP contribution in [-0.4, -0.2) is 29.8 Å². The van der Waals surface area contributed by atoms with E-state index in [1.54, 1.807) is 7.11 Å². The van der Waals surface area contributed by atoms with Crippen LogP contribution < -0.4 is 10.1 Å². The summed E-state index contributed by atoms with van der Waals surface area (Å²) in [7, 11) is 3.80. The Morgan fingerprint density at radius 3 is 3.10 bits per heavy atom. The number of hydrogen-bond donors (Lipinski definition) is 1. The number of imidazole rings is 1. The normalized spacial score (nSPS) is 19.4. The van der Waals surface area contributed by atoms with Crippen molar-refractivity contribution in [3.63, 3.8) is 0 Å². The second-order valence-electron chi connectivity index (χ2n) is 5.69. The number of aromatic nitrogens is 2. The van der Waals surface area contributed by atoms with Gasteiger partial charge >= 0.3 is 0 Å². The van der Waals surface area contributed by atoms with Crippen LogP contribution in [0, 0.1) is 5.92 Å². The molecular formula is C16H23N3O. The Morgan fingerprint density at radius 1 is 1.45 bits per heavy atom. The summed E-state index contributed by atoms with van der Waals surface area (Å²) in [5, 5.41) is 3.48. The third kappa shape index (κ3) is 2.66. The summed E-state index contributed by atoms with van der Waals surface area (Å²) in [5.41, 5.74) is 2.21. The van der Waals surface area contributed by atoms with Crippen LogP contribution in [0.3, 0.4) is 0 Å². The van der Waals surface area contributed by atoms with Crippen molar-refractivity contribution in [2.75, 3.05) is 20.2 Å². The minimum Gasteiger partial charge on any atom is -0.497 e. The predicted molar refractivity (Wildman–Crippen MR) is 81.2 cm³/mol. The fourth-order valence-electron chi connectivity index (χ4n) is 3.08. The van der Waals surface area contributed by atoms with Gasteiger partial charge in [-0.05, 0) is 50.4 Å². The van der Waals surface area contributed by atoms with E-state index in [0.717, 1.165) is 30.1 Å². The number of methoxy groups -OCH3 is 1. The monoisotopic (exact) mass is 273 g/mol. The molecule has 1 saturated heterocycles. The average molecular weight is 273 g/mol. The number of ether oxygens (including phenoxy) is 1. The molecule has 1 aromatic heterocycles. The van der Waals surface area contributed by atoms with Crippen molar-refractivity contribution in [1.29, 1.82) is 0 Å². The molecule has 1 aliphatic heterocycles. The van der Waals surface area contributed by atoms with E-state index in [1.807, 2.05) is 12.1 Å². The van der Waals surface area contributed by atoms with Crippen LogP contribution in [0.25, 0.3) is 11.0 Å². The summed E-state index contributed by atoms with van der Waals surface area (Å²) in [6, 6.07) is 6.10. The lowest BCUT2D eigenvalue weighted by Crippen LogP contribution is -2.30. The van der Waals surface area contributed by atoms with Crippen LogP contribution in [0.4, 0.5) is 0 Å². The molecule has 108 valence electrons. The van der Waals surface area contributed by atoms with E-state index in [-0.39, 0.29) is 0 Å². The summed E-state index contributed by atoms with van der Waals surface area (Å²) in [4.78, 5) is 4.77. The van der Waals surface area contributed by atoms with Crippen LogP contribution in [0.15, 0.2) is 18.2 Å². The van der Waals surface area contributed by atoms with Gasteiger partial charge in [0.05, 0.1) is 18.1 Å². The molecule has 3 rings (SSSR count). The van der Waals surface area contributed by atoms with E-state index in [9.17, 15) is 0 Å². The SMILES string of the molecule is COc1ccc2c(c1)nc(CCC1CCCNC1)n2C. The summed E-state index contributed by atoms with van der Waals surface area (Å²) >= 11 is 0. The third-order valence-corrected chi connectivity index (χ3v) is 4.36. The van der Waals surface area contributed by atoms with Crippen molar-refractivity contribution >= 4 is 11.0 Å². The van der Waals surface area contributed by atoms with E-state index in [2.05, 4.69) is 23.0 Å². The molecule has 1 unspecified atom stereocenters. The first kappa shape index (κ1) is 13.4. The molecule has 0 saturated carbocycles. The fourth-order valence-corrected chi connectivity index (χ4v) is 3.08. The van der Waals surface area contributed by atoms with Crippen molar-refractivity contribution in [2.24, 2.45) is 13.0 Å². The van der Waals surface area contributed by atoms with E-state index >= 15 is 0 Å². The first-order valence-electron chi connectivity index (χ1n) is 7.48. The summed E-state index contributed by atoms with van der Waals surface area (Å²) in [6.45, 7) is 2.35. The van der Waals surface area contributed by atoms with Gasteiger partial charge in [-0.25, -0.2) is 4.98 Å². The first-order chi connectivity index (χ1) is 9.78. The van der Waals surface area contributed by atoms with Gasteiger partial charge in [-0.3, -0.25) is 0 Å². The van der Waals surface area contributed by atoms with E-state index in [4.69, 9.17) is 9.72 Å². The lowest BCUT2D eigenvalue weighted by molar-refractivity contribution is 0.355. The van der Waals surface area contributed by atoms with Crippen LogP contribution in [0.5, 0.6) is 5.75 Å².